The van der Waals surface area contributed by atoms with Gasteiger partial charge in [-0.1, -0.05) is 0 Å². The molecule has 0 aliphatic rings. The first-order valence-corrected chi connectivity index (χ1v) is 4.85. The highest BCUT2D eigenvalue weighted by Crippen LogP contribution is 2.31. The minimum Gasteiger partial charge on any atom is -0.392 e. The zero-order valence-electron chi connectivity index (χ0n) is 9.35. The van der Waals surface area contributed by atoms with Crippen LogP contribution in [0.5, 0.6) is 0 Å². The van der Waals surface area contributed by atoms with Crippen molar-refractivity contribution in [3.63, 3.8) is 0 Å². The molecule has 1 unspecified atom stereocenters. The molecule has 1 atom stereocenters. The van der Waals surface area contributed by atoms with E-state index in [-0.39, 0.29) is 12.2 Å². The lowest BCUT2D eigenvalue weighted by Crippen LogP contribution is -2.27. The minimum absolute atomic E-state index is 0.0315. The minimum atomic E-state index is -1.23. The number of hydrogen-bond donors (Lipinski definition) is 1. The average molecular weight is 246 g/mol. The van der Waals surface area contributed by atoms with Gasteiger partial charge in [0.05, 0.1) is 11.0 Å². The second-order valence-corrected chi connectivity index (χ2v) is 3.74. The summed E-state index contributed by atoms with van der Waals surface area (Å²) in [6, 6.07) is 1.32. The van der Waals surface area contributed by atoms with Crippen LogP contribution >= 0.6 is 0 Å². The molecule has 0 radical (unpaired) electrons. The van der Waals surface area contributed by atoms with Crippen LogP contribution in [-0.4, -0.2) is 29.7 Å². The van der Waals surface area contributed by atoms with Gasteiger partial charge in [-0.3, -0.25) is 10.1 Å². The van der Waals surface area contributed by atoms with E-state index >= 15 is 0 Å². The standard InChI is InChI=1S/C10H12F2N2O3/c1-6(15)5-13(2)9-4-7(11)3-8(12)10(9)14(16)17/h3-4,6,15H,5H2,1-2H3. The number of aliphatic hydroxyl groups is 1. The van der Waals surface area contributed by atoms with Gasteiger partial charge >= 0.3 is 5.69 Å². The SMILES string of the molecule is CC(O)CN(C)c1cc(F)cc(F)c1[N+](=O)[O-]. The number of anilines is 1. The Kier molecular flexibility index (Phi) is 3.95. The van der Waals surface area contributed by atoms with Crippen molar-refractivity contribution in [1.29, 1.82) is 0 Å². The summed E-state index contributed by atoms with van der Waals surface area (Å²) in [5.41, 5.74) is -0.997. The van der Waals surface area contributed by atoms with Gasteiger partial charge in [0, 0.05) is 25.7 Å². The molecule has 7 heteroatoms. The Morgan fingerprint density at radius 1 is 1.53 bits per heavy atom. The van der Waals surface area contributed by atoms with Crippen LogP contribution in [0.1, 0.15) is 6.92 Å². The Hall–Kier alpha value is -1.76. The van der Waals surface area contributed by atoms with Crippen molar-refractivity contribution in [2.24, 2.45) is 0 Å². The molecule has 1 aromatic rings. The molecule has 94 valence electrons. The Balaban J connectivity index is 3.25. The van der Waals surface area contributed by atoms with Crippen molar-refractivity contribution in [3.05, 3.63) is 33.9 Å². The highest BCUT2D eigenvalue weighted by Gasteiger charge is 2.24. The van der Waals surface area contributed by atoms with Gasteiger partial charge in [-0.05, 0) is 6.92 Å². The molecule has 0 amide bonds. The topological polar surface area (TPSA) is 66.6 Å². The molecule has 0 fully saturated rings. The third-order valence-electron chi connectivity index (χ3n) is 2.14. The van der Waals surface area contributed by atoms with Crippen LogP contribution in [0.3, 0.4) is 0 Å². The fourth-order valence-electron chi connectivity index (χ4n) is 1.52. The van der Waals surface area contributed by atoms with Crippen LogP contribution < -0.4 is 4.90 Å². The smallest absolute Gasteiger partial charge is 0.328 e. The molecule has 0 bridgehead atoms. The molecular formula is C10H12F2N2O3. The van der Waals surface area contributed by atoms with Crippen LogP contribution in [0.4, 0.5) is 20.2 Å². The lowest BCUT2D eigenvalue weighted by atomic mass is 10.2. The summed E-state index contributed by atoms with van der Waals surface area (Å²) >= 11 is 0. The van der Waals surface area contributed by atoms with Gasteiger partial charge in [0.2, 0.25) is 5.82 Å². The molecule has 17 heavy (non-hydrogen) atoms. The molecule has 1 aromatic carbocycles. The molecule has 1 rings (SSSR count). The van der Waals surface area contributed by atoms with Gasteiger partial charge in [0.15, 0.2) is 0 Å². The van der Waals surface area contributed by atoms with Gasteiger partial charge in [0.1, 0.15) is 11.5 Å². The number of nitrogens with zero attached hydrogens (tertiary/aromatic N) is 2. The summed E-state index contributed by atoms with van der Waals surface area (Å²) in [6.45, 7) is 1.50. The molecule has 0 spiro atoms. The van der Waals surface area contributed by atoms with E-state index in [4.69, 9.17) is 5.11 Å². The summed E-state index contributed by atoms with van der Waals surface area (Å²) in [4.78, 5) is 11.0. The van der Waals surface area contributed by atoms with Crippen LogP contribution in [0.15, 0.2) is 12.1 Å². The maximum atomic E-state index is 13.3. The normalized spacial score (nSPS) is 12.3. The van der Waals surface area contributed by atoms with Gasteiger partial charge in [0.25, 0.3) is 0 Å². The summed E-state index contributed by atoms with van der Waals surface area (Å²) in [5, 5.41) is 19.9. The number of benzene rings is 1. The number of nitro groups is 1. The first-order valence-electron chi connectivity index (χ1n) is 4.85. The molecule has 1 N–H and O–H groups in total. The van der Waals surface area contributed by atoms with E-state index in [0.717, 1.165) is 6.07 Å². The number of rotatable bonds is 4. The second-order valence-electron chi connectivity index (χ2n) is 3.74. The lowest BCUT2D eigenvalue weighted by Gasteiger charge is -2.20. The van der Waals surface area contributed by atoms with Crippen molar-refractivity contribution < 1.29 is 18.8 Å². The van der Waals surface area contributed by atoms with Gasteiger partial charge in [-0.25, -0.2) is 4.39 Å². The first kappa shape index (κ1) is 13.3. The zero-order valence-corrected chi connectivity index (χ0v) is 9.35. The van der Waals surface area contributed by atoms with Gasteiger partial charge in [-0.15, -0.1) is 0 Å². The maximum absolute atomic E-state index is 13.3. The fourth-order valence-corrected chi connectivity index (χ4v) is 1.52. The van der Waals surface area contributed by atoms with E-state index in [1.165, 1.54) is 18.9 Å². The second kappa shape index (κ2) is 5.05. The maximum Gasteiger partial charge on any atom is 0.328 e. The molecule has 5 nitrogen and oxygen atoms in total. The lowest BCUT2D eigenvalue weighted by molar-refractivity contribution is -0.386. The molecule has 0 saturated heterocycles. The zero-order chi connectivity index (χ0) is 13.2. The van der Waals surface area contributed by atoms with Crippen molar-refractivity contribution in [2.75, 3.05) is 18.5 Å². The van der Waals surface area contributed by atoms with Gasteiger partial charge < -0.3 is 10.0 Å². The number of likely N-dealkylation sites (N-methyl/N-ethyl adjacent to an activating group) is 1. The average Bonchev–Trinajstić information content (AvgIpc) is 2.14. The van der Waals surface area contributed by atoms with E-state index in [9.17, 15) is 18.9 Å². The molecule has 0 aliphatic carbocycles. The number of halogens is 2. The fraction of sp³-hybridized carbons (Fsp3) is 0.400. The predicted molar refractivity (Wildman–Crippen MR) is 58.0 cm³/mol. The number of aliphatic hydroxyl groups excluding tert-OH is 1. The van der Waals surface area contributed by atoms with Gasteiger partial charge in [-0.2, -0.15) is 4.39 Å². The van der Waals surface area contributed by atoms with Crippen molar-refractivity contribution in [3.8, 4) is 0 Å². The van der Waals surface area contributed by atoms with Crippen LogP contribution in [-0.2, 0) is 0 Å². The third-order valence-corrected chi connectivity index (χ3v) is 2.14. The third kappa shape index (κ3) is 3.10. The van der Waals surface area contributed by atoms with Crippen molar-refractivity contribution in [2.45, 2.75) is 13.0 Å². The predicted octanol–water partition coefficient (Wildman–Crippen LogP) is 1.69. The highest BCUT2D eigenvalue weighted by atomic mass is 19.1. The quantitative estimate of drug-likeness (QED) is 0.648. The Morgan fingerprint density at radius 3 is 2.59 bits per heavy atom. The summed E-state index contributed by atoms with van der Waals surface area (Å²) in [7, 11) is 1.41. The highest BCUT2D eigenvalue weighted by molar-refractivity contribution is 5.63. The molecule has 0 heterocycles. The van der Waals surface area contributed by atoms with E-state index < -0.39 is 28.3 Å². The van der Waals surface area contributed by atoms with E-state index in [1.807, 2.05) is 0 Å². The van der Waals surface area contributed by atoms with Crippen molar-refractivity contribution >= 4 is 11.4 Å². The molecular weight excluding hydrogens is 234 g/mol. The number of hydrogen-bond acceptors (Lipinski definition) is 4. The van der Waals surface area contributed by atoms with E-state index in [1.54, 1.807) is 0 Å². The summed E-state index contributed by atoms with van der Waals surface area (Å²) in [5.74, 6) is -2.14. The van der Waals surface area contributed by atoms with Crippen LogP contribution in [0.25, 0.3) is 0 Å². The largest absolute Gasteiger partial charge is 0.392 e. The summed E-state index contributed by atoms with van der Waals surface area (Å²) < 4.78 is 26.3. The number of nitro benzene ring substituents is 1. The Bertz CT molecular complexity index is 438. The monoisotopic (exact) mass is 246 g/mol. The Labute approximate surface area is 96.4 Å². The first-order chi connectivity index (χ1) is 7.82. The molecule has 0 saturated carbocycles. The molecule has 0 aliphatic heterocycles. The van der Waals surface area contributed by atoms with Crippen LogP contribution in [0, 0.1) is 21.7 Å². The molecule has 0 aromatic heterocycles. The van der Waals surface area contributed by atoms with Crippen molar-refractivity contribution in [1.82, 2.24) is 0 Å². The van der Waals surface area contributed by atoms with E-state index in [0.29, 0.717) is 6.07 Å². The summed E-state index contributed by atoms with van der Waals surface area (Å²) in [6.07, 6.45) is -0.772. The van der Waals surface area contributed by atoms with Crippen LogP contribution in [0.2, 0.25) is 0 Å². The Morgan fingerprint density at radius 2 is 2.12 bits per heavy atom. The van der Waals surface area contributed by atoms with E-state index in [2.05, 4.69) is 0 Å².